The third-order valence-electron chi connectivity index (χ3n) is 3.27. The van der Waals surface area contributed by atoms with E-state index in [2.05, 4.69) is 5.32 Å². The fraction of sp³-hybridized carbons (Fsp3) is 0.316. The zero-order chi connectivity index (χ0) is 19.6. The molecule has 0 aliphatic carbocycles. The number of hydrogen-bond acceptors (Lipinski definition) is 5. The first kappa shape index (κ1) is 21.2. The topological polar surface area (TPSA) is 66.0 Å². The van der Waals surface area contributed by atoms with Crippen molar-refractivity contribution in [2.75, 3.05) is 26.9 Å². The molecule has 0 aliphatic rings. The number of carbonyl (C=O) groups is 1. The van der Waals surface area contributed by atoms with Crippen molar-refractivity contribution in [2.45, 2.75) is 13.0 Å². The van der Waals surface area contributed by atoms with Crippen LogP contribution in [0.3, 0.4) is 0 Å². The molecule has 6 nitrogen and oxygen atoms in total. The van der Waals surface area contributed by atoms with Crippen LogP contribution in [-0.2, 0) is 9.47 Å². The molecule has 0 heterocycles. The number of nitrogens with one attached hydrogen (secondary N) is 1. The van der Waals surface area contributed by atoms with Crippen LogP contribution in [-0.4, -0.2) is 39.1 Å². The number of halogens is 2. The predicted octanol–water partition coefficient (Wildman–Crippen LogP) is 4.93. The van der Waals surface area contributed by atoms with Crippen molar-refractivity contribution in [1.29, 1.82) is 0 Å². The van der Waals surface area contributed by atoms with Crippen LogP contribution < -0.4 is 14.8 Å². The van der Waals surface area contributed by atoms with Crippen LogP contribution in [0.1, 0.15) is 6.92 Å². The van der Waals surface area contributed by atoms with Gasteiger partial charge in [-0.3, -0.25) is 0 Å². The van der Waals surface area contributed by atoms with Crippen LogP contribution in [0.15, 0.2) is 42.5 Å². The molecular weight excluding hydrogens is 393 g/mol. The molecule has 8 heteroatoms. The minimum absolute atomic E-state index is 0.238. The number of hydrogen-bond donors (Lipinski definition) is 1. The van der Waals surface area contributed by atoms with Gasteiger partial charge in [0.15, 0.2) is 0 Å². The molecule has 0 fully saturated rings. The van der Waals surface area contributed by atoms with Gasteiger partial charge >= 0.3 is 6.09 Å². The van der Waals surface area contributed by atoms with Crippen LogP contribution >= 0.6 is 23.2 Å². The smallest absolute Gasteiger partial charge is 0.407 e. The average molecular weight is 414 g/mol. The Morgan fingerprint density at radius 1 is 1.15 bits per heavy atom. The summed E-state index contributed by atoms with van der Waals surface area (Å²) in [5, 5.41) is 3.57. The second-order valence-corrected chi connectivity index (χ2v) is 6.44. The van der Waals surface area contributed by atoms with Gasteiger partial charge in [-0.1, -0.05) is 29.3 Å². The van der Waals surface area contributed by atoms with Crippen molar-refractivity contribution in [1.82, 2.24) is 5.32 Å². The van der Waals surface area contributed by atoms with Gasteiger partial charge in [-0.15, -0.1) is 0 Å². The van der Waals surface area contributed by atoms with E-state index in [4.69, 9.17) is 42.1 Å². The predicted molar refractivity (Wildman–Crippen MR) is 104 cm³/mol. The van der Waals surface area contributed by atoms with Gasteiger partial charge in [-0.2, -0.15) is 0 Å². The van der Waals surface area contributed by atoms with Gasteiger partial charge in [-0.05, 0) is 37.3 Å². The quantitative estimate of drug-likeness (QED) is 0.590. The molecular formula is C19H21Cl2NO5. The number of ether oxygens (including phenoxy) is 4. The summed E-state index contributed by atoms with van der Waals surface area (Å²) in [4.78, 5) is 11.6. The van der Waals surface area contributed by atoms with Crippen LogP contribution in [0.4, 0.5) is 4.79 Å². The Kier molecular flexibility index (Phi) is 8.51. The first-order valence-electron chi connectivity index (χ1n) is 8.27. The first-order chi connectivity index (χ1) is 13.0. The van der Waals surface area contributed by atoms with Gasteiger partial charge in [0.1, 0.15) is 30.0 Å². The van der Waals surface area contributed by atoms with E-state index < -0.39 is 6.09 Å². The van der Waals surface area contributed by atoms with Gasteiger partial charge in [0, 0.05) is 18.2 Å². The van der Waals surface area contributed by atoms with Gasteiger partial charge in [0.25, 0.3) is 0 Å². The van der Waals surface area contributed by atoms with Gasteiger partial charge in [0.05, 0.1) is 18.2 Å². The van der Waals surface area contributed by atoms with Crippen LogP contribution in [0, 0.1) is 0 Å². The molecule has 0 saturated carbocycles. The molecule has 0 spiro atoms. The van der Waals surface area contributed by atoms with E-state index in [1.54, 1.807) is 56.5 Å². The van der Waals surface area contributed by atoms with Gasteiger partial charge in [-0.25, -0.2) is 4.79 Å². The fourth-order valence-corrected chi connectivity index (χ4v) is 2.54. The van der Waals surface area contributed by atoms with Crippen molar-refractivity contribution in [3.63, 3.8) is 0 Å². The normalized spacial score (nSPS) is 11.6. The lowest BCUT2D eigenvalue weighted by atomic mass is 10.3. The molecule has 1 N–H and O–H groups in total. The highest BCUT2D eigenvalue weighted by Crippen LogP contribution is 2.31. The number of methoxy groups -OCH3 is 1. The molecule has 27 heavy (non-hydrogen) atoms. The number of carbonyl (C=O) groups excluding carboxylic acids is 1. The minimum Gasteiger partial charge on any atom is -0.490 e. The Bertz CT molecular complexity index is 757. The second-order valence-electron chi connectivity index (χ2n) is 5.60. The largest absolute Gasteiger partial charge is 0.490 e. The van der Waals surface area contributed by atoms with E-state index in [9.17, 15) is 4.79 Å². The maximum Gasteiger partial charge on any atom is 0.407 e. The molecule has 0 aliphatic heterocycles. The Morgan fingerprint density at radius 2 is 1.93 bits per heavy atom. The van der Waals surface area contributed by atoms with Crippen molar-refractivity contribution in [3.05, 3.63) is 52.5 Å². The minimum atomic E-state index is -0.528. The number of amides is 1. The summed E-state index contributed by atoms with van der Waals surface area (Å²) in [6.45, 7) is 2.59. The number of alkyl carbamates (subject to hydrolysis) is 1. The average Bonchev–Trinajstić information content (AvgIpc) is 2.60. The summed E-state index contributed by atoms with van der Waals surface area (Å²) < 4.78 is 21.2. The summed E-state index contributed by atoms with van der Waals surface area (Å²) in [6, 6.07) is 12.1. The highest BCUT2D eigenvalue weighted by molar-refractivity contribution is 6.32. The SMILES string of the molecule is COCC(C)OC(=O)NCCOc1ccc(Oc2cccc(Cl)c2)cc1Cl. The fourth-order valence-electron chi connectivity index (χ4n) is 2.14. The molecule has 146 valence electrons. The second kappa shape index (κ2) is 10.9. The molecule has 0 saturated heterocycles. The van der Waals surface area contributed by atoms with Crippen molar-refractivity contribution >= 4 is 29.3 Å². The third-order valence-corrected chi connectivity index (χ3v) is 3.80. The van der Waals surface area contributed by atoms with E-state index >= 15 is 0 Å². The monoisotopic (exact) mass is 413 g/mol. The van der Waals surface area contributed by atoms with E-state index in [1.165, 1.54) is 0 Å². The van der Waals surface area contributed by atoms with Crippen molar-refractivity contribution in [3.8, 4) is 17.2 Å². The summed E-state index contributed by atoms with van der Waals surface area (Å²) in [6.07, 6.45) is -0.850. The maximum atomic E-state index is 11.6. The van der Waals surface area contributed by atoms with Gasteiger partial charge < -0.3 is 24.3 Å². The Hall–Kier alpha value is -2.15. The molecule has 0 bridgehead atoms. The summed E-state index contributed by atoms with van der Waals surface area (Å²) in [7, 11) is 1.54. The maximum absolute atomic E-state index is 11.6. The molecule has 2 aromatic carbocycles. The summed E-state index contributed by atoms with van der Waals surface area (Å²) >= 11 is 12.1. The lowest BCUT2D eigenvalue weighted by molar-refractivity contribution is 0.0486. The zero-order valence-corrected chi connectivity index (χ0v) is 16.5. The molecule has 2 rings (SSSR count). The van der Waals surface area contributed by atoms with Crippen molar-refractivity contribution < 1.29 is 23.7 Å². The molecule has 0 radical (unpaired) electrons. The van der Waals surface area contributed by atoms with Crippen LogP contribution in [0.25, 0.3) is 0 Å². The number of benzene rings is 2. The molecule has 0 aromatic heterocycles. The van der Waals surface area contributed by atoms with E-state index in [1.807, 2.05) is 0 Å². The lowest BCUT2D eigenvalue weighted by Gasteiger charge is -2.13. The van der Waals surface area contributed by atoms with Crippen LogP contribution in [0.5, 0.6) is 17.2 Å². The highest BCUT2D eigenvalue weighted by atomic mass is 35.5. The third kappa shape index (κ3) is 7.54. The molecule has 1 amide bonds. The van der Waals surface area contributed by atoms with Crippen molar-refractivity contribution in [2.24, 2.45) is 0 Å². The zero-order valence-electron chi connectivity index (χ0n) is 15.0. The summed E-state index contributed by atoms with van der Waals surface area (Å²) in [5.74, 6) is 1.65. The first-order valence-corrected chi connectivity index (χ1v) is 9.02. The molecule has 2 aromatic rings. The Morgan fingerprint density at radius 3 is 2.63 bits per heavy atom. The van der Waals surface area contributed by atoms with E-state index in [-0.39, 0.29) is 19.3 Å². The Balaban J connectivity index is 1.78. The van der Waals surface area contributed by atoms with E-state index in [0.29, 0.717) is 33.9 Å². The highest BCUT2D eigenvalue weighted by Gasteiger charge is 2.09. The Labute approximate surface area is 168 Å². The molecule has 1 unspecified atom stereocenters. The lowest BCUT2D eigenvalue weighted by Crippen LogP contribution is -2.32. The number of rotatable bonds is 9. The standard InChI is InChI=1S/C19H21Cl2NO5/c1-13(12-24-2)26-19(23)22-8-9-25-18-7-6-16(11-17(18)21)27-15-5-3-4-14(20)10-15/h3-7,10-11,13H,8-9,12H2,1-2H3,(H,22,23). The molecule has 1 atom stereocenters. The summed E-state index contributed by atoms with van der Waals surface area (Å²) in [5.41, 5.74) is 0. The van der Waals surface area contributed by atoms with Gasteiger partial charge in [0.2, 0.25) is 0 Å². The van der Waals surface area contributed by atoms with Crippen LogP contribution in [0.2, 0.25) is 10.0 Å². The van der Waals surface area contributed by atoms with E-state index in [0.717, 1.165) is 0 Å².